The van der Waals surface area contributed by atoms with Crippen LogP contribution in [0.1, 0.15) is 25.1 Å². The number of aromatic nitrogens is 3. The summed E-state index contributed by atoms with van der Waals surface area (Å²) in [6, 6.07) is 4.66. The SMILES string of the molecule is CC(c1ccc(Cl)cn1)n1c(N2CCC(F)[C@H](N)C2)nc2cc(F)c(F)cc21.Cl. The minimum Gasteiger partial charge on any atom is -0.340 e. The molecule has 1 aromatic carbocycles. The third kappa shape index (κ3) is 4.01. The summed E-state index contributed by atoms with van der Waals surface area (Å²) in [6.07, 6.45) is 0.705. The van der Waals surface area contributed by atoms with E-state index in [0.717, 1.165) is 12.1 Å². The van der Waals surface area contributed by atoms with Gasteiger partial charge in [0.1, 0.15) is 6.17 Å². The molecule has 3 aromatic rings. The number of alkyl halides is 1. The van der Waals surface area contributed by atoms with E-state index in [0.29, 0.717) is 34.2 Å². The summed E-state index contributed by atoms with van der Waals surface area (Å²) in [4.78, 5) is 10.7. The number of nitrogens with two attached hydrogens (primary N) is 1. The van der Waals surface area contributed by atoms with Gasteiger partial charge in [-0.25, -0.2) is 18.2 Å². The van der Waals surface area contributed by atoms with E-state index in [2.05, 4.69) is 9.97 Å². The zero-order valence-corrected chi connectivity index (χ0v) is 17.1. The summed E-state index contributed by atoms with van der Waals surface area (Å²) >= 11 is 5.93. The zero-order chi connectivity index (χ0) is 20.0. The van der Waals surface area contributed by atoms with Crippen LogP contribution in [0.25, 0.3) is 11.0 Å². The van der Waals surface area contributed by atoms with Crippen molar-refractivity contribution in [2.75, 3.05) is 18.0 Å². The van der Waals surface area contributed by atoms with Crippen molar-refractivity contribution in [3.8, 4) is 0 Å². The van der Waals surface area contributed by atoms with Crippen LogP contribution in [-0.2, 0) is 0 Å². The standard InChI is InChI=1S/C19H19ClF3N5.ClH/c1-10(16-3-2-11(20)8-25-16)28-18-7-14(23)13(22)6-17(18)26-19(28)27-5-4-12(21)15(24)9-27;/h2-3,6-8,10,12,15H,4-5,9,24H2,1H3;1H/t10?,12?,15-;/m1./s1. The molecule has 29 heavy (non-hydrogen) atoms. The molecule has 3 heterocycles. The Bertz CT molecular complexity index is 1010. The smallest absolute Gasteiger partial charge is 0.207 e. The molecule has 2 N–H and O–H groups in total. The van der Waals surface area contributed by atoms with Crippen molar-refractivity contribution >= 4 is 41.0 Å². The van der Waals surface area contributed by atoms with E-state index in [-0.39, 0.29) is 31.4 Å². The summed E-state index contributed by atoms with van der Waals surface area (Å²) in [5.74, 6) is -1.46. The van der Waals surface area contributed by atoms with Crippen LogP contribution in [0.15, 0.2) is 30.5 Å². The lowest BCUT2D eigenvalue weighted by atomic mass is 10.1. The van der Waals surface area contributed by atoms with Gasteiger partial charge in [-0.2, -0.15) is 0 Å². The fraction of sp³-hybridized carbons (Fsp3) is 0.368. The number of nitrogens with zero attached hydrogens (tertiary/aromatic N) is 4. The highest BCUT2D eigenvalue weighted by molar-refractivity contribution is 6.30. The Labute approximate surface area is 177 Å². The molecule has 1 saturated heterocycles. The van der Waals surface area contributed by atoms with Crippen molar-refractivity contribution in [1.29, 1.82) is 0 Å². The number of imidazole rings is 1. The van der Waals surface area contributed by atoms with E-state index in [9.17, 15) is 13.2 Å². The van der Waals surface area contributed by atoms with Gasteiger partial charge in [-0.05, 0) is 25.5 Å². The maximum Gasteiger partial charge on any atom is 0.207 e. The molecule has 156 valence electrons. The van der Waals surface area contributed by atoms with Gasteiger partial charge in [-0.1, -0.05) is 11.6 Å². The monoisotopic (exact) mass is 445 g/mol. The molecule has 1 fully saturated rings. The van der Waals surface area contributed by atoms with Gasteiger partial charge in [-0.15, -0.1) is 12.4 Å². The van der Waals surface area contributed by atoms with Crippen molar-refractivity contribution in [2.24, 2.45) is 5.73 Å². The molecule has 5 nitrogen and oxygen atoms in total. The van der Waals surface area contributed by atoms with E-state index in [1.54, 1.807) is 16.7 Å². The molecule has 0 amide bonds. The van der Waals surface area contributed by atoms with E-state index < -0.39 is 23.8 Å². The third-order valence-corrected chi connectivity index (χ3v) is 5.36. The third-order valence-electron chi connectivity index (χ3n) is 5.13. The molecule has 0 aliphatic carbocycles. The van der Waals surface area contributed by atoms with Crippen LogP contribution in [0.2, 0.25) is 5.02 Å². The highest BCUT2D eigenvalue weighted by atomic mass is 35.5. The van der Waals surface area contributed by atoms with Crippen molar-refractivity contribution in [3.05, 3.63) is 52.8 Å². The molecule has 0 radical (unpaired) electrons. The topological polar surface area (TPSA) is 60.0 Å². The van der Waals surface area contributed by atoms with Crippen LogP contribution in [0.4, 0.5) is 19.1 Å². The second-order valence-corrected chi connectivity index (χ2v) is 7.47. The Balaban J connectivity index is 0.00000240. The molecule has 1 aliphatic heterocycles. The fourth-order valence-electron chi connectivity index (χ4n) is 3.58. The first kappa shape index (κ1) is 21.7. The van der Waals surface area contributed by atoms with Gasteiger partial charge in [0.2, 0.25) is 5.95 Å². The van der Waals surface area contributed by atoms with Crippen molar-refractivity contribution in [2.45, 2.75) is 31.6 Å². The van der Waals surface area contributed by atoms with Crippen LogP contribution in [0, 0.1) is 11.6 Å². The lowest BCUT2D eigenvalue weighted by molar-refractivity contribution is 0.243. The van der Waals surface area contributed by atoms with Crippen molar-refractivity contribution in [3.63, 3.8) is 0 Å². The molecule has 0 bridgehead atoms. The van der Waals surface area contributed by atoms with E-state index in [1.807, 2.05) is 11.8 Å². The largest absolute Gasteiger partial charge is 0.340 e. The molecule has 10 heteroatoms. The Kier molecular flexibility index (Phi) is 6.26. The van der Waals surface area contributed by atoms with Crippen LogP contribution >= 0.6 is 24.0 Å². The van der Waals surface area contributed by atoms with Gasteiger partial charge in [0.15, 0.2) is 11.6 Å². The van der Waals surface area contributed by atoms with E-state index in [4.69, 9.17) is 17.3 Å². The van der Waals surface area contributed by atoms with Gasteiger partial charge < -0.3 is 15.2 Å². The van der Waals surface area contributed by atoms with Gasteiger partial charge in [-0.3, -0.25) is 4.98 Å². The molecular weight excluding hydrogens is 426 g/mol. The second-order valence-electron chi connectivity index (χ2n) is 7.03. The van der Waals surface area contributed by atoms with E-state index in [1.165, 1.54) is 6.20 Å². The molecular formula is C19H20Cl2F3N5. The number of hydrogen-bond donors (Lipinski definition) is 1. The number of piperidine rings is 1. The number of hydrogen-bond acceptors (Lipinski definition) is 4. The molecule has 3 atom stereocenters. The van der Waals surface area contributed by atoms with Crippen LogP contribution < -0.4 is 10.6 Å². The summed E-state index contributed by atoms with van der Waals surface area (Å²) in [7, 11) is 0. The zero-order valence-electron chi connectivity index (χ0n) is 15.5. The number of pyridine rings is 1. The maximum atomic E-state index is 14.0. The Morgan fingerprint density at radius 3 is 2.62 bits per heavy atom. The Morgan fingerprint density at radius 1 is 1.24 bits per heavy atom. The van der Waals surface area contributed by atoms with Gasteiger partial charge in [0.25, 0.3) is 0 Å². The van der Waals surface area contributed by atoms with E-state index >= 15 is 0 Å². The number of benzene rings is 1. The summed E-state index contributed by atoms with van der Waals surface area (Å²) < 4.78 is 43.4. The average molecular weight is 446 g/mol. The first-order valence-electron chi connectivity index (χ1n) is 8.98. The van der Waals surface area contributed by atoms with Crippen molar-refractivity contribution < 1.29 is 13.2 Å². The number of anilines is 1. The minimum absolute atomic E-state index is 0. The van der Waals surface area contributed by atoms with Crippen molar-refractivity contribution in [1.82, 2.24) is 14.5 Å². The number of rotatable bonds is 3. The fourth-order valence-corrected chi connectivity index (χ4v) is 3.70. The van der Waals surface area contributed by atoms with Crippen LogP contribution in [-0.4, -0.2) is 39.8 Å². The molecule has 2 aromatic heterocycles. The Hall–Kier alpha value is -2.03. The molecule has 2 unspecified atom stereocenters. The Morgan fingerprint density at radius 2 is 1.97 bits per heavy atom. The van der Waals surface area contributed by atoms with Gasteiger partial charge in [0, 0.05) is 31.4 Å². The molecule has 4 rings (SSSR count). The summed E-state index contributed by atoms with van der Waals surface area (Å²) in [6.45, 7) is 2.55. The lowest BCUT2D eigenvalue weighted by Crippen LogP contribution is -2.50. The molecule has 0 spiro atoms. The molecule has 0 saturated carbocycles. The highest BCUT2D eigenvalue weighted by Crippen LogP contribution is 2.32. The normalized spacial score (nSPS) is 20.6. The first-order chi connectivity index (χ1) is 13.3. The number of halogens is 5. The average Bonchev–Trinajstić information content (AvgIpc) is 3.02. The summed E-state index contributed by atoms with van der Waals surface area (Å²) in [5.41, 5.74) is 7.32. The predicted octanol–water partition coefficient (Wildman–Crippen LogP) is 4.27. The molecule has 1 aliphatic rings. The summed E-state index contributed by atoms with van der Waals surface area (Å²) in [5, 5.41) is 0.496. The highest BCUT2D eigenvalue weighted by Gasteiger charge is 2.31. The number of fused-ring (bicyclic) bond motifs is 1. The first-order valence-corrected chi connectivity index (χ1v) is 9.36. The van der Waals surface area contributed by atoms with Crippen LogP contribution in [0.3, 0.4) is 0 Å². The van der Waals surface area contributed by atoms with Crippen LogP contribution in [0.5, 0.6) is 0 Å². The predicted molar refractivity (Wildman–Crippen MR) is 110 cm³/mol. The van der Waals surface area contributed by atoms with Gasteiger partial charge in [0.05, 0.1) is 33.8 Å². The maximum absolute atomic E-state index is 14.0. The van der Waals surface area contributed by atoms with Gasteiger partial charge >= 0.3 is 0 Å². The lowest BCUT2D eigenvalue weighted by Gasteiger charge is -2.34. The second kappa shape index (κ2) is 8.38. The quantitative estimate of drug-likeness (QED) is 0.653. The minimum atomic E-state index is -1.08.